The van der Waals surface area contributed by atoms with Gasteiger partial charge in [0.15, 0.2) is 5.78 Å². The third-order valence-electron chi connectivity index (χ3n) is 5.01. The molecule has 2 aromatic carbocycles. The van der Waals surface area contributed by atoms with Crippen LogP contribution in [0.4, 0.5) is 0 Å². The Kier molecular flexibility index (Phi) is 6.61. The van der Waals surface area contributed by atoms with Crippen LogP contribution in [-0.2, 0) is 0 Å². The van der Waals surface area contributed by atoms with Crippen molar-refractivity contribution in [3.8, 4) is 16.9 Å². The molecule has 0 saturated carbocycles. The average Bonchev–Trinajstić information content (AvgIpc) is 2.75. The largest absolute Gasteiger partial charge is 0.496 e. The summed E-state index contributed by atoms with van der Waals surface area (Å²) >= 11 is 0. The van der Waals surface area contributed by atoms with Crippen LogP contribution < -0.4 is 4.74 Å². The minimum Gasteiger partial charge on any atom is -0.496 e. The van der Waals surface area contributed by atoms with Crippen LogP contribution in [0.1, 0.15) is 53.9 Å². The second kappa shape index (κ2) is 9.33. The predicted octanol–water partition coefficient (Wildman–Crippen LogP) is 6.50. The number of ketones is 1. The number of pyridine rings is 1. The van der Waals surface area contributed by atoms with Crippen molar-refractivity contribution in [2.24, 2.45) is 0 Å². The van der Waals surface area contributed by atoms with Gasteiger partial charge >= 0.3 is 0 Å². The Morgan fingerprint density at radius 2 is 1.83 bits per heavy atom. The van der Waals surface area contributed by atoms with E-state index < -0.39 is 0 Å². The summed E-state index contributed by atoms with van der Waals surface area (Å²) in [7, 11) is 1.70. The summed E-state index contributed by atoms with van der Waals surface area (Å²) in [5.41, 5.74) is 6.91. The molecule has 0 aliphatic carbocycles. The zero-order chi connectivity index (χ0) is 20.8. The van der Waals surface area contributed by atoms with Crippen LogP contribution in [0, 0.1) is 6.92 Å². The van der Waals surface area contributed by atoms with E-state index in [1.54, 1.807) is 14.0 Å². The maximum atomic E-state index is 11.8. The second-order valence-electron chi connectivity index (χ2n) is 7.10. The number of aromatic nitrogens is 1. The summed E-state index contributed by atoms with van der Waals surface area (Å²) in [5, 5.41) is 0. The van der Waals surface area contributed by atoms with Crippen molar-refractivity contribution in [3.63, 3.8) is 0 Å². The van der Waals surface area contributed by atoms with Gasteiger partial charge in [0.25, 0.3) is 0 Å². The molecular weight excluding hydrogens is 358 g/mol. The summed E-state index contributed by atoms with van der Waals surface area (Å²) in [6.45, 7) is 5.79. The fourth-order valence-corrected chi connectivity index (χ4v) is 3.40. The molecule has 0 radical (unpaired) electrons. The van der Waals surface area contributed by atoms with Gasteiger partial charge in [-0.25, -0.2) is 0 Å². The normalized spacial score (nSPS) is 11.4. The lowest BCUT2D eigenvalue weighted by molar-refractivity contribution is 0.101. The van der Waals surface area contributed by atoms with Crippen LogP contribution in [0.3, 0.4) is 0 Å². The molecule has 148 valence electrons. The molecule has 3 nitrogen and oxygen atoms in total. The molecule has 0 unspecified atom stereocenters. The van der Waals surface area contributed by atoms with Gasteiger partial charge in [-0.3, -0.25) is 9.78 Å². The fraction of sp³-hybridized carbons (Fsp3) is 0.231. The number of benzene rings is 2. The van der Waals surface area contributed by atoms with Crippen LogP contribution in [0.2, 0.25) is 0 Å². The van der Waals surface area contributed by atoms with Crippen LogP contribution in [0.5, 0.6) is 5.75 Å². The minimum atomic E-state index is 0.0599. The molecule has 3 rings (SSSR count). The highest BCUT2D eigenvalue weighted by atomic mass is 16.5. The Labute approximate surface area is 173 Å². The van der Waals surface area contributed by atoms with Crippen molar-refractivity contribution in [2.75, 3.05) is 7.11 Å². The Morgan fingerprint density at radius 3 is 2.55 bits per heavy atom. The van der Waals surface area contributed by atoms with Gasteiger partial charge in [-0.15, -0.1) is 0 Å². The number of hydrogen-bond acceptors (Lipinski definition) is 3. The lowest BCUT2D eigenvalue weighted by atomic mass is 9.92. The first-order valence-corrected chi connectivity index (χ1v) is 9.97. The number of unbranched alkanes of at least 4 members (excludes halogenated alkanes) is 1. The molecule has 3 aromatic rings. The molecule has 0 atom stereocenters. The van der Waals surface area contributed by atoms with Crippen LogP contribution in [-0.4, -0.2) is 17.9 Å². The molecule has 0 fully saturated rings. The molecule has 1 aromatic heterocycles. The second-order valence-corrected chi connectivity index (χ2v) is 7.10. The Bertz CT molecular complexity index is 1050. The molecule has 29 heavy (non-hydrogen) atoms. The van der Waals surface area contributed by atoms with Gasteiger partial charge in [0, 0.05) is 34.1 Å². The van der Waals surface area contributed by atoms with E-state index in [4.69, 9.17) is 4.74 Å². The third-order valence-corrected chi connectivity index (χ3v) is 5.01. The number of ether oxygens (including phenoxy) is 1. The molecule has 0 bridgehead atoms. The summed E-state index contributed by atoms with van der Waals surface area (Å²) in [6, 6.07) is 17.9. The first kappa shape index (κ1) is 20.5. The first-order valence-electron chi connectivity index (χ1n) is 9.97. The van der Waals surface area contributed by atoms with E-state index in [1.165, 1.54) is 0 Å². The van der Waals surface area contributed by atoms with E-state index in [1.807, 2.05) is 55.6 Å². The SMILES string of the molecule is CCC/C=C(/c1ccccc1OC)c1cc(-c2cccc(C(C)=O)c2)cnc1C. The van der Waals surface area contributed by atoms with Crippen LogP contribution in [0.15, 0.2) is 66.9 Å². The highest BCUT2D eigenvalue weighted by molar-refractivity contribution is 5.95. The number of Topliss-reactive ketones (excluding diaryl/α,β-unsaturated/α-hetero) is 1. The predicted molar refractivity (Wildman–Crippen MR) is 119 cm³/mol. The number of rotatable bonds is 7. The number of nitrogens with zero attached hydrogens (tertiary/aromatic N) is 1. The standard InChI is InChI=1S/C26H27NO2/c1-5-6-12-23(24-13-7-8-14-26(24)29-4)25-16-22(17-27-18(25)2)21-11-9-10-20(15-21)19(3)28/h7-17H,5-6H2,1-4H3/b23-12-. The van der Waals surface area contributed by atoms with E-state index in [0.717, 1.165) is 52.1 Å². The van der Waals surface area contributed by atoms with E-state index in [-0.39, 0.29) is 5.78 Å². The van der Waals surface area contributed by atoms with Crippen molar-refractivity contribution in [2.45, 2.75) is 33.6 Å². The lowest BCUT2D eigenvalue weighted by Crippen LogP contribution is -1.99. The van der Waals surface area contributed by atoms with E-state index >= 15 is 0 Å². The summed E-state index contributed by atoms with van der Waals surface area (Å²) in [5.74, 6) is 0.905. The quantitative estimate of drug-likeness (QED) is 0.436. The van der Waals surface area contributed by atoms with Crippen molar-refractivity contribution >= 4 is 11.4 Å². The number of para-hydroxylation sites is 1. The summed E-state index contributed by atoms with van der Waals surface area (Å²) in [6.07, 6.45) is 6.16. The van der Waals surface area contributed by atoms with Gasteiger partial charge in [-0.2, -0.15) is 0 Å². The number of carbonyl (C=O) groups excluding carboxylic acids is 1. The number of allylic oxidation sites excluding steroid dienone is 1. The molecule has 0 aliphatic heterocycles. The number of hydrogen-bond donors (Lipinski definition) is 0. The molecule has 0 aliphatic rings. The van der Waals surface area contributed by atoms with Crippen molar-refractivity contribution in [1.29, 1.82) is 0 Å². The summed E-state index contributed by atoms with van der Waals surface area (Å²) < 4.78 is 5.63. The monoisotopic (exact) mass is 385 g/mol. The minimum absolute atomic E-state index is 0.0599. The van der Waals surface area contributed by atoms with Crippen LogP contribution in [0.25, 0.3) is 16.7 Å². The maximum Gasteiger partial charge on any atom is 0.159 e. The molecule has 3 heteroatoms. The van der Waals surface area contributed by atoms with Crippen molar-refractivity contribution in [3.05, 3.63) is 89.3 Å². The third kappa shape index (κ3) is 4.62. The summed E-state index contributed by atoms with van der Waals surface area (Å²) in [4.78, 5) is 16.5. The topological polar surface area (TPSA) is 39.2 Å². The van der Waals surface area contributed by atoms with Crippen LogP contribution >= 0.6 is 0 Å². The fourth-order valence-electron chi connectivity index (χ4n) is 3.40. The average molecular weight is 386 g/mol. The lowest BCUT2D eigenvalue weighted by Gasteiger charge is -2.16. The Balaban J connectivity index is 2.16. The molecule has 0 N–H and O–H groups in total. The zero-order valence-corrected chi connectivity index (χ0v) is 17.5. The van der Waals surface area contributed by atoms with Gasteiger partial charge in [-0.05, 0) is 49.6 Å². The van der Waals surface area contributed by atoms with E-state index in [0.29, 0.717) is 5.56 Å². The van der Waals surface area contributed by atoms with Gasteiger partial charge in [0.1, 0.15) is 5.75 Å². The van der Waals surface area contributed by atoms with Crippen molar-refractivity contribution < 1.29 is 9.53 Å². The molecule has 0 spiro atoms. The van der Waals surface area contributed by atoms with Gasteiger partial charge in [0.05, 0.1) is 7.11 Å². The van der Waals surface area contributed by atoms with E-state index in [9.17, 15) is 4.79 Å². The molecule has 0 amide bonds. The number of aryl methyl sites for hydroxylation is 1. The zero-order valence-electron chi connectivity index (χ0n) is 17.5. The number of carbonyl (C=O) groups is 1. The van der Waals surface area contributed by atoms with Gasteiger partial charge < -0.3 is 4.74 Å². The molecule has 0 saturated heterocycles. The number of methoxy groups -OCH3 is 1. The van der Waals surface area contributed by atoms with Gasteiger partial charge in [-0.1, -0.05) is 55.8 Å². The highest BCUT2D eigenvalue weighted by Gasteiger charge is 2.14. The van der Waals surface area contributed by atoms with E-state index in [2.05, 4.69) is 30.1 Å². The first-order chi connectivity index (χ1) is 14.0. The Hall–Kier alpha value is -3.20. The maximum absolute atomic E-state index is 11.8. The Morgan fingerprint density at radius 1 is 1.03 bits per heavy atom. The van der Waals surface area contributed by atoms with Gasteiger partial charge in [0.2, 0.25) is 0 Å². The molecular formula is C26H27NO2. The molecule has 1 heterocycles. The smallest absolute Gasteiger partial charge is 0.159 e. The highest BCUT2D eigenvalue weighted by Crippen LogP contribution is 2.34. The van der Waals surface area contributed by atoms with Crippen molar-refractivity contribution in [1.82, 2.24) is 4.98 Å².